The molecule has 148 valence electrons. The number of carbonyl (C=O) groups excluding carboxylic acids is 1. The van der Waals surface area contributed by atoms with Crippen molar-refractivity contribution in [1.29, 1.82) is 0 Å². The Hall–Kier alpha value is -3.12. The van der Waals surface area contributed by atoms with Crippen LogP contribution >= 0.6 is 15.9 Å². The lowest BCUT2D eigenvalue weighted by atomic mass is 10.1. The summed E-state index contributed by atoms with van der Waals surface area (Å²) in [5.74, 6) is 0.923. The molecule has 0 saturated carbocycles. The van der Waals surface area contributed by atoms with Crippen LogP contribution in [0.25, 0.3) is 10.8 Å². The Balaban J connectivity index is 1.62. The van der Waals surface area contributed by atoms with E-state index >= 15 is 0 Å². The zero-order valence-electron chi connectivity index (χ0n) is 16.0. The largest absolute Gasteiger partial charge is 0.489 e. The maximum absolute atomic E-state index is 12.3. The monoisotopic (exact) mass is 452 g/mol. The fraction of sp³-hybridized carbons (Fsp3) is 0.130. The molecule has 29 heavy (non-hydrogen) atoms. The third-order valence-electron chi connectivity index (χ3n) is 4.11. The molecule has 5 nitrogen and oxygen atoms in total. The normalized spacial score (nSPS) is 11.9. The number of rotatable bonds is 8. The van der Waals surface area contributed by atoms with E-state index in [0.29, 0.717) is 18.1 Å². The highest BCUT2D eigenvalue weighted by Gasteiger charge is 2.14. The molecule has 0 aliphatic heterocycles. The van der Waals surface area contributed by atoms with Gasteiger partial charge in [-0.2, -0.15) is 5.10 Å². The van der Waals surface area contributed by atoms with Crippen LogP contribution in [0.3, 0.4) is 0 Å². The van der Waals surface area contributed by atoms with Gasteiger partial charge in [0.1, 0.15) is 18.1 Å². The second kappa shape index (κ2) is 9.89. The Morgan fingerprint density at radius 1 is 1.17 bits per heavy atom. The second-order valence-corrected chi connectivity index (χ2v) is 7.20. The van der Waals surface area contributed by atoms with Crippen molar-refractivity contribution in [2.24, 2.45) is 5.10 Å². The molecule has 0 aliphatic rings. The lowest BCUT2D eigenvalue weighted by Crippen LogP contribution is -2.33. The third kappa shape index (κ3) is 5.68. The van der Waals surface area contributed by atoms with Gasteiger partial charge in [-0.1, -0.05) is 58.9 Å². The molecule has 6 heteroatoms. The van der Waals surface area contributed by atoms with Crippen LogP contribution in [0.4, 0.5) is 0 Å². The molecule has 1 atom stereocenters. The average Bonchev–Trinajstić information content (AvgIpc) is 2.73. The number of ether oxygens (including phenoxy) is 2. The molecule has 3 aromatic rings. The van der Waals surface area contributed by atoms with Gasteiger partial charge >= 0.3 is 0 Å². The minimum atomic E-state index is -0.702. The van der Waals surface area contributed by atoms with Crippen LogP contribution in [-0.4, -0.2) is 24.8 Å². The molecule has 3 aromatic carbocycles. The smallest absolute Gasteiger partial charge is 0.280 e. The first kappa shape index (κ1) is 20.6. The predicted octanol–water partition coefficient (Wildman–Crippen LogP) is 5.08. The number of hydrazone groups is 1. The molecule has 0 aliphatic carbocycles. The highest BCUT2D eigenvalue weighted by Crippen LogP contribution is 2.22. The first-order valence-electron chi connectivity index (χ1n) is 9.08. The van der Waals surface area contributed by atoms with E-state index in [1.54, 1.807) is 13.0 Å². The van der Waals surface area contributed by atoms with E-state index in [1.165, 1.54) is 6.21 Å². The summed E-state index contributed by atoms with van der Waals surface area (Å²) in [4.78, 5) is 12.3. The molecule has 1 amide bonds. The van der Waals surface area contributed by atoms with Crippen molar-refractivity contribution in [2.75, 3.05) is 6.61 Å². The number of halogens is 1. The van der Waals surface area contributed by atoms with Crippen molar-refractivity contribution < 1.29 is 14.3 Å². The van der Waals surface area contributed by atoms with Crippen molar-refractivity contribution in [1.82, 2.24) is 5.43 Å². The number of hydrogen-bond donors (Lipinski definition) is 1. The van der Waals surface area contributed by atoms with E-state index in [1.807, 2.05) is 60.7 Å². The summed E-state index contributed by atoms with van der Waals surface area (Å²) in [6.07, 6.45) is 2.49. The van der Waals surface area contributed by atoms with Gasteiger partial charge in [0.05, 0.1) is 6.21 Å². The lowest BCUT2D eigenvalue weighted by molar-refractivity contribution is -0.127. The third-order valence-corrected chi connectivity index (χ3v) is 4.60. The van der Waals surface area contributed by atoms with Crippen molar-refractivity contribution >= 4 is 38.8 Å². The van der Waals surface area contributed by atoms with Crippen molar-refractivity contribution in [2.45, 2.75) is 13.0 Å². The van der Waals surface area contributed by atoms with Crippen molar-refractivity contribution in [3.63, 3.8) is 0 Å². The Morgan fingerprint density at radius 3 is 2.76 bits per heavy atom. The molecule has 1 unspecified atom stereocenters. The molecule has 0 radical (unpaired) electrons. The molecule has 0 fully saturated rings. The minimum absolute atomic E-state index is 0.349. The number of nitrogens with one attached hydrogen (secondary N) is 1. The summed E-state index contributed by atoms with van der Waals surface area (Å²) >= 11 is 3.42. The molecule has 0 heterocycles. The molecule has 0 bridgehead atoms. The Bertz CT molecular complexity index is 1050. The molecule has 3 rings (SSSR count). The minimum Gasteiger partial charge on any atom is -0.489 e. The van der Waals surface area contributed by atoms with E-state index < -0.39 is 6.10 Å². The number of benzene rings is 3. The number of nitrogens with zero attached hydrogens (tertiary/aromatic N) is 1. The SMILES string of the molecule is C=CCOc1ccc(Br)cc1/C=N/NC(=O)C(C)Oc1ccc2ccccc2c1. The zero-order valence-corrected chi connectivity index (χ0v) is 17.6. The number of amides is 1. The van der Waals surface area contributed by atoms with Gasteiger partial charge in [-0.3, -0.25) is 4.79 Å². The maximum atomic E-state index is 12.3. The van der Waals surface area contributed by atoms with Crippen molar-refractivity contribution in [3.8, 4) is 11.5 Å². The molecular formula is C23H21BrN2O3. The van der Waals surface area contributed by atoms with E-state index in [9.17, 15) is 4.79 Å². The van der Waals surface area contributed by atoms with Crippen LogP contribution in [0.5, 0.6) is 11.5 Å². The van der Waals surface area contributed by atoms with Crippen LogP contribution in [0.2, 0.25) is 0 Å². The Morgan fingerprint density at radius 2 is 1.97 bits per heavy atom. The molecule has 0 saturated heterocycles. The van der Waals surface area contributed by atoms with Crippen LogP contribution in [0, 0.1) is 0 Å². The van der Waals surface area contributed by atoms with E-state index in [0.717, 1.165) is 20.8 Å². The zero-order chi connectivity index (χ0) is 20.6. The quantitative estimate of drug-likeness (QED) is 0.294. The van der Waals surface area contributed by atoms with Gasteiger partial charge in [0, 0.05) is 10.0 Å². The first-order chi connectivity index (χ1) is 14.1. The van der Waals surface area contributed by atoms with Gasteiger partial charge < -0.3 is 9.47 Å². The summed E-state index contributed by atoms with van der Waals surface area (Å²) in [5, 5.41) is 6.20. The van der Waals surface area contributed by atoms with Crippen molar-refractivity contribution in [3.05, 3.63) is 83.4 Å². The van der Waals surface area contributed by atoms with Gasteiger partial charge in [0.2, 0.25) is 0 Å². The van der Waals surface area contributed by atoms with Crippen LogP contribution in [0.15, 0.2) is 82.9 Å². The van der Waals surface area contributed by atoms with Gasteiger partial charge in [-0.15, -0.1) is 0 Å². The van der Waals surface area contributed by atoms with E-state index in [4.69, 9.17) is 9.47 Å². The molecular weight excluding hydrogens is 432 g/mol. The van der Waals surface area contributed by atoms with Gasteiger partial charge in [0.15, 0.2) is 6.10 Å². The topological polar surface area (TPSA) is 59.9 Å². The number of fused-ring (bicyclic) bond motifs is 1. The lowest BCUT2D eigenvalue weighted by Gasteiger charge is -2.13. The number of carbonyl (C=O) groups is 1. The number of hydrogen-bond acceptors (Lipinski definition) is 4. The average molecular weight is 453 g/mol. The Kier molecular flexibility index (Phi) is 7.03. The summed E-state index contributed by atoms with van der Waals surface area (Å²) in [7, 11) is 0. The van der Waals surface area contributed by atoms with Gasteiger partial charge in [0.25, 0.3) is 5.91 Å². The molecule has 0 spiro atoms. The van der Waals surface area contributed by atoms with Crippen LogP contribution < -0.4 is 14.9 Å². The van der Waals surface area contributed by atoms with Crippen LogP contribution in [-0.2, 0) is 4.79 Å². The maximum Gasteiger partial charge on any atom is 0.280 e. The fourth-order valence-corrected chi connectivity index (χ4v) is 3.03. The highest BCUT2D eigenvalue weighted by atomic mass is 79.9. The summed E-state index contributed by atoms with van der Waals surface area (Å²) in [6, 6.07) is 19.2. The summed E-state index contributed by atoms with van der Waals surface area (Å²) < 4.78 is 12.2. The summed E-state index contributed by atoms with van der Waals surface area (Å²) in [6.45, 7) is 5.70. The van der Waals surface area contributed by atoms with E-state index in [2.05, 4.69) is 33.0 Å². The van der Waals surface area contributed by atoms with Gasteiger partial charge in [-0.05, 0) is 48.0 Å². The van der Waals surface area contributed by atoms with Gasteiger partial charge in [-0.25, -0.2) is 5.43 Å². The van der Waals surface area contributed by atoms with E-state index in [-0.39, 0.29) is 5.91 Å². The molecule has 1 N–H and O–H groups in total. The first-order valence-corrected chi connectivity index (χ1v) is 9.88. The predicted molar refractivity (Wildman–Crippen MR) is 120 cm³/mol. The van der Waals surface area contributed by atoms with Crippen LogP contribution in [0.1, 0.15) is 12.5 Å². The highest BCUT2D eigenvalue weighted by molar-refractivity contribution is 9.10. The Labute approximate surface area is 178 Å². The second-order valence-electron chi connectivity index (χ2n) is 6.29. The fourth-order valence-electron chi connectivity index (χ4n) is 2.66. The summed E-state index contributed by atoms with van der Waals surface area (Å²) in [5.41, 5.74) is 3.23. The molecule has 0 aromatic heterocycles. The standard InChI is InChI=1S/C23H21BrN2O3/c1-3-12-28-22-11-9-20(24)13-19(22)15-25-26-23(27)16(2)29-21-10-8-17-6-4-5-7-18(17)14-21/h3-11,13-16H,1,12H2,2H3,(H,26,27)/b25-15+.